The van der Waals surface area contributed by atoms with E-state index in [4.69, 9.17) is 28.4 Å². The van der Waals surface area contributed by atoms with Crippen molar-refractivity contribution in [2.45, 2.75) is 69.0 Å². The van der Waals surface area contributed by atoms with Gasteiger partial charge in [-0.25, -0.2) is 9.59 Å². The Bertz CT molecular complexity index is 1210. The fourth-order valence-corrected chi connectivity index (χ4v) is 5.65. The average molecular weight is 595 g/mol. The van der Waals surface area contributed by atoms with Gasteiger partial charge in [-0.15, -0.1) is 0 Å². The minimum atomic E-state index is -1.77. The highest BCUT2D eigenvalue weighted by Crippen LogP contribution is 2.52. The molecular weight excluding hydrogens is 560 g/mol. The molecule has 3 aliphatic rings. The van der Waals surface area contributed by atoms with Crippen LogP contribution in [-0.4, -0.2) is 106 Å². The Hall–Kier alpha value is -3.53. The summed E-state index contributed by atoms with van der Waals surface area (Å²) < 4.78 is 33.4. The molecular formula is C28H34O14. The molecule has 1 aliphatic carbocycles. The van der Waals surface area contributed by atoms with Crippen molar-refractivity contribution < 1.29 is 68.3 Å². The number of benzene rings is 1. The highest BCUT2D eigenvalue weighted by molar-refractivity contribution is 5.90. The first-order valence-electron chi connectivity index (χ1n) is 13.2. The Kier molecular flexibility index (Phi) is 9.55. The summed E-state index contributed by atoms with van der Waals surface area (Å²) in [6.45, 7) is 2.02. The van der Waals surface area contributed by atoms with Crippen LogP contribution >= 0.6 is 0 Å². The number of esters is 3. The van der Waals surface area contributed by atoms with E-state index in [-0.39, 0.29) is 17.7 Å². The molecule has 0 amide bonds. The standard InChI is InChI=1S/C28H34O14/c1-13(30)42-28(2)10-17(39-19(32)9-6-14-4-7-15(31)8-5-14)20-16(25(36)37-3)12-38-26(21(20)28)41-27-24(35)23(34)22(33)18(11-29)40-27/h4-9,12,17-18,20-24,26-27,29,31,33-35H,10-11H2,1-3H3/b9-6+/t17-,18-,20?,21?,22-,23+,24-,26+,27+,28+/m1/s1. The molecule has 14 heteroatoms. The summed E-state index contributed by atoms with van der Waals surface area (Å²) in [6, 6.07) is 6.06. The monoisotopic (exact) mass is 594 g/mol. The highest BCUT2D eigenvalue weighted by atomic mass is 16.8. The lowest BCUT2D eigenvalue weighted by Gasteiger charge is -2.44. The fraction of sp³-hybridized carbons (Fsp3) is 0.536. The van der Waals surface area contributed by atoms with Crippen molar-refractivity contribution in [1.82, 2.24) is 0 Å². The molecule has 2 heterocycles. The Labute approximate surface area is 240 Å². The van der Waals surface area contributed by atoms with E-state index in [1.807, 2.05) is 0 Å². The molecule has 0 bridgehead atoms. The van der Waals surface area contributed by atoms with Crippen molar-refractivity contribution in [3.05, 3.63) is 47.7 Å². The van der Waals surface area contributed by atoms with Gasteiger partial charge in [0, 0.05) is 25.3 Å². The summed E-state index contributed by atoms with van der Waals surface area (Å²) in [4.78, 5) is 37.8. The fourth-order valence-electron chi connectivity index (χ4n) is 5.65. The molecule has 5 N–H and O–H groups in total. The lowest BCUT2D eigenvalue weighted by molar-refractivity contribution is -0.346. The van der Waals surface area contributed by atoms with E-state index in [9.17, 15) is 39.9 Å². The minimum Gasteiger partial charge on any atom is -0.508 e. The normalized spacial score (nSPS) is 36.0. The van der Waals surface area contributed by atoms with Gasteiger partial charge in [-0.05, 0) is 30.7 Å². The van der Waals surface area contributed by atoms with E-state index in [2.05, 4.69) is 0 Å². The molecule has 2 unspecified atom stereocenters. The third kappa shape index (κ3) is 6.43. The van der Waals surface area contributed by atoms with Gasteiger partial charge in [0.25, 0.3) is 0 Å². The lowest BCUT2D eigenvalue weighted by atomic mass is 9.80. The van der Waals surface area contributed by atoms with Crippen molar-refractivity contribution in [3.8, 4) is 5.75 Å². The zero-order chi connectivity index (χ0) is 30.8. The van der Waals surface area contributed by atoms with Crippen molar-refractivity contribution in [2.75, 3.05) is 13.7 Å². The zero-order valence-corrected chi connectivity index (χ0v) is 23.1. The Balaban J connectivity index is 1.65. The van der Waals surface area contributed by atoms with Gasteiger partial charge < -0.3 is 54.0 Å². The molecule has 1 saturated heterocycles. The SMILES string of the molecule is COC(=O)C1=CO[C@@H](O[C@@H]2O[C@H](CO)[C@@H](O)[C@H](O)[C@H]2O)C2C1[C@H](OC(=O)/C=C/c1ccc(O)cc1)C[C@]2(C)OC(C)=O. The van der Waals surface area contributed by atoms with Crippen LogP contribution in [0.25, 0.3) is 6.08 Å². The first-order chi connectivity index (χ1) is 19.9. The minimum absolute atomic E-state index is 0.0349. The number of phenolic OH excluding ortho intramolecular Hbond substituents is 1. The van der Waals surface area contributed by atoms with Crippen LogP contribution in [0.1, 0.15) is 25.8 Å². The average Bonchev–Trinajstić information content (AvgIpc) is 3.23. The van der Waals surface area contributed by atoms with Gasteiger partial charge in [0.05, 0.1) is 31.5 Å². The first-order valence-corrected chi connectivity index (χ1v) is 13.2. The Morgan fingerprint density at radius 1 is 1.07 bits per heavy atom. The van der Waals surface area contributed by atoms with Crippen LogP contribution in [-0.2, 0) is 42.8 Å². The number of ether oxygens (including phenoxy) is 6. The van der Waals surface area contributed by atoms with Crippen LogP contribution in [0.3, 0.4) is 0 Å². The molecule has 1 aromatic carbocycles. The van der Waals surface area contributed by atoms with Gasteiger partial charge in [0.1, 0.15) is 41.9 Å². The second kappa shape index (κ2) is 12.8. The summed E-state index contributed by atoms with van der Waals surface area (Å²) in [6.07, 6.45) is -6.89. The molecule has 10 atom stereocenters. The summed E-state index contributed by atoms with van der Waals surface area (Å²) >= 11 is 0. The largest absolute Gasteiger partial charge is 0.508 e. The molecule has 42 heavy (non-hydrogen) atoms. The van der Waals surface area contributed by atoms with Gasteiger partial charge in [0.2, 0.25) is 6.29 Å². The Morgan fingerprint density at radius 3 is 2.38 bits per heavy atom. The Morgan fingerprint density at radius 2 is 1.76 bits per heavy atom. The molecule has 0 radical (unpaired) electrons. The number of phenols is 1. The summed E-state index contributed by atoms with van der Waals surface area (Å²) in [5.74, 6) is -4.23. The van der Waals surface area contributed by atoms with Crippen LogP contribution in [0.2, 0.25) is 0 Å². The number of hydrogen-bond donors (Lipinski definition) is 5. The number of carbonyl (C=O) groups is 3. The number of aliphatic hydroxyl groups excluding tert-OH is 4. The van der Waals surface area contributed by atoms with E-state index in [0.717, 1.165) is 19.4 Å². The third-order valence-electron chi connectivity index (χ3n) is 7.57. The van der Waals surface area contributed by atoms with Gasteiger partial charge in [0.15, 0.2) is 6.29 Å². The van der Waals surface area contributed by atoms with Gasteiger partial charge >= 0.3 is 17.9 Å². The number of aliphatic hydroxyl groups is 4. The topological polar surface area (TPSA) is 208 Å². The van der Waals surface area contributed by atoms with E-state index in [0.29, 0.717) is 5.56 Å². The number of carbonyl (C=O) groups excluding carboxylic acids is 3. The van der Waals surface area contributed by atoms with Crippen LogP contribution in [0.15, 0.2) is 42.2 Å². The van der Waals surface area contributed by atoms with Crippen molar-refractivity contribution in [1.29, 1.82) is 0 Å². The maximum atomic E-state index is 12.9. The maximum Gasteiger partial charge on any atom is 0.337 e. The third-order valence-corrected chi connectivity index (χ3v) is 7.57. The van der Waals surface area contributed by atoms with Crippen molar-refractivity contribution >= 4 is 24.0 Å². The van der Waals surface area contributed by atoms with Gasteiger partial charge in [-0.2, -0.15) is 0 Å². The van der Waals surface area contributed by atoms with Crippen LogP contribution in [0, 0.1) is 11.8 Å². The molecule has 2 fully saturated rings. The summed E-state index contributed by atoms with van der Waals surface area (Å²) in [5, 5.41) is 49.8. The quantitative estimate of drug-likeness (QED) is 0.146. The number of rotatable bonds is 8. The molecule has 0 spiro atoms. The van der Waals surface area contributed by atoms with E-state index < -0.39 is 85.1 Å². The second-order valence-electron chi connectivity index (χ2n) is 10.5. The smallest absolute Gasteiger partial charge is 0.337 e. The first kappa shape index (κ1) is 31.4. The summed E-state index contributed by atoms with van der Waals surface area (Å²) in [7, 11) is 1.15. The number of aromatic hydroxyl groups is 1. The predicted octanol–water partition coefficient (Wildman–Crippen LogP) is -0.495. The predicted molar refractivity (Wildman–Crippen MR) is 139 cm³/mol. The van der Waals surface area contributed by atoms with E-state index >= 15 is 0 Å². The van der Waals surface area contributed by atoms with Gasteiger partial charge in [-0.1, -0.05) is 12.1 Å². The maximum absolute atomic E-state index is 12.9. The number of hydrogen-bond acceptors (Lipinski definition) is 14. The second-order valence-corrected chi connectivity index (χ2v) is 10.5. The van der Waals surface area contributed by atoms with Crippen LogP contribution in [0.4, 0.5) is 0 Å². The van der Waals surface area contributed by atoms with E-state index in [1.165, 1.54) is 25.1 Å². The summed E-state index contributed by atoms with van der Waals surface area (Å²) in [5.41, 5.74) is -0.880. The number of methoxy groups -OCH3 is 1. The van der Waals surface area contributed by atoms with Crippen LogP contribution in [0.5, 0.6) is 5.75 Å². The van der Waals surface area contributed by atoms with Crippen molar-refractivity contribution in [3.63, 3.8) is 0 Å². The highest BCUT2D eigenvalue weighted by Gasteiger charge is 2.63. The van der Waals surface area contributed by atoms with Crippen molar-refractivity contribution in [2.24, 2.45) is 11.8 Å². The molecule has 230 valence electrons. The molecule has 1 aromatic rings. The molecule has 4 rings (SSSR count). The zero-order valence-electron chi connectivity index (χ0n) is 23.1. The molecule has 14 nitrogen and oxygen atoms in total. The van der Waals surface area contributed by atoms with Crippen LogP contribution < -0.4 is 0 Å². The molecule has 0 aromatic heterocycles. The molecule has 1 saturated carbocycles. The lowest BCUT2D eigenvalue weighted by Crippen LogP contribution is -2.61. The number of fused-ring (bicyclic) bond motifs is 1. The van der Waals surface area contributed by atoms with E-state index in [1.54, 1.807) is 19.1 Å². The van der Waals surface area contributed by atoms with Gasteiger partial charge in [-0.3, -0.25) is 4.79 Å². The molecule has 2 aliphatic heterocycles.